The zero-order valence-corrected chi connectivity index (χ0v) is 9.47. The lowest BCUT2D eigenvalue weighted by Gasteiger charge is -2.22. The largest absolute Gasteiger partial charge is 0.478 e. The minimum atomic E-state index is -0.966. The molecule has 0 heterocycles. The van der Waals surface area contributed by atoms with Gasteiger partial charge in [0, 0.05) is 11.5 Å². The van der Waals surface area contributed by atoms with E-state index < -0.39 is 5.97 Å². The van der Waals surface area contributed by atoms with Crippen molar-refractivity contribution in [2.75, 3.05) is 6.61 Å². The number of aliphatic hydroxyl groups is 1. The maximum absolute atomic E-state index is 10.4. The molecule has 0 aliphatic carbocycles. The summed E-state index contributed by atoms with van der Waals surface area (Å²) in [5.74, 6) is -0.966. The van der Waals surface area contributed by atoms with E-state index in [-0.39, 0.29) is 12.0 Å². The van der Waals surface area contributed by atoms with Gasteiger partial charge in [-0.05, 0) is 17.2 Å². The average Bonchev–Trinajstić information content (AvgIpc) is 2.27. The summed E-state index contributed by atoms with van der Waals surface area (Å²) < 4.78 is 0. The highest BCUT2D eigenvalue weighted by Crippen LogP contribution is 2.23. The van der Waals surface area contributed by atoms with Crippen LogP contribution in [0, 0.1) is 0 Å². The molecule has 0 spiro atoms. The van der Waals surface area contributed by atoms with Crippen LogP contribution in [0.4, 0.5) is 0 Å². The summed E-state index contributed by atoms with van der Waals surface area (Å²) in [5.41, 5.74) is 1.50. The lowest BCUT2D eigenvalue weighted by Crippen LogP contribution is -2.21. The molecule has 0 fully saturated rings. The van der Waals surface area contributed by atoms with Crippen LogP contribution in [0.5, 0.6) is 0 Å². The van der Waals surface area contributed by atoms with Crippen LogP contribution in [-0.2, 0) is 10.2 Å². The smallest absolute Gasteiger partial charge is 0.328 e. The highest BCUT2D eigenvalue weighted by Gasteiger charge is 2.18. The fourth-order valence-electron chi connectivity index (χ4n) is 1.32. The Bertz CT molecular complexity index is 405. The molecule has 0 saturated carbocycles. The molecule has 0 aromatic heterocycles. The van der Waals surface area contributed by atoms with Crippen LogP contribution in [0.2, 0.25) is 0 Å². The third kappa shape index (κ3) is 3.21. The molecule has 0 bridgehead atoms. The van der Waals surface area contributed by atoms with Gasteiger partial charge in [0.1, 0.15) is 0 Å². The van der Waals surface area contributed by atoms with Gasteiger partial charge in [-0.2, -0.15) is 0 Å². The Morgan fingerprint density at radius 2 is 2.12 bits per heavy atom. The lowest BCUT2D eigenvalue weighted by atomic mass is 9.85. The number of hydrogen-bond acceptors (Lipinski definition) is 2. The topological polar surface area (TPSA) is 57.5 Å². The zero-order valence-electron chi connectivity index (χ0n) is 9.47. The number of aliphatic hydroxyl groups excluding tert-OH is 1. The van der Waals surface area contributed by atoms with Gasteiger partial charge in [0.25, 0.3) is 0 Å². The van der Waals surface area contributed by atoms with Gasteiger partial charge in [-0.25, -0.2) is 4.79 Å². The van der Waals surface area contributed by atoms with Crippen LogP contribution in [0.3, 0.4) is 0 Å². The zero-order chi connectivity index (χ0) is 12.2. The van der Waals surface area contributed by atoms with Crippen molar-refractivity contribution in [1.82, 2.24) is 0 Å². The Labute approximate surface area is 95.0 Å². The van der Waals surface area contributed by atoms with Gasteiger partial charge in [0.15, 0.2) is 0 Å². The van der Waals surface area contributed by atoms with E-state index in [0.29, 0.717) is 0 Å². The van der Waals surface area contributed by atoms with Crippen molar-refractivity contribution in [2.24, 2.45) is 0 Å². The first-order valence-corrected chi connectivity index (χ1v) is 5.08. The van der Waals surface area contributed by atoms with E-state index in [2.05, 4.69) is 0 Å². The maximum Gasteiger partial charge on any atom is 0.328 e. The second kappa shape index (κ2) is 4.94. The number of carboxylic acid groups (broad SMARTS) is 1. The van der Waals surface area contributed by atoms with Crippen LogP contribution in [0.25, 0.3) is 6.08 Å². The second-order valence-corrected chi connectivity index (χ2v) is 4.34. The van der Waals surface area contributed by atoms with Gasteiger partial charge >= 0.3 is 5.97 Å². The number of rotatable bonds is 4. The Morgan fingerprint density at radius 1 is 1.44 bits per heavy atom. The third-order valence-corrected chi connectivity index (χ3v) is 2.48. The molecule has 0 aliphatic rings. The van der Waals surface area contributed by atoms with Gasteiger partial charge in [-0.3, -0.25) is 0 Å². The molecule has 86 valence electrons. The van der Waals surface area contributed by atoms with Crippen molar-refractivity contribution in [1.29, 1.82) is 0 Å². The van der Waals surface area contributed by atoms with Crippen LogP contribution >= 0.6 is 0 Å². The van der Waals surface area contributed by atoms with E-state index in [4.69, 9.17) is 5.11 Å². The first kappa shape index (κ1) is 12.5. The summed E-state index contributed by atoms with van der Waals surface area (Å²) in [6, 6.07) is 7.49. The first-order chi connectivity index (χ1) is 7.45. The SMILES string of the molecule is CC(C)(CO)c1cccc(/C=C/C(=O)O)c1. The Hall–Kier alpha value is -1.61. The highest BCUT2D eigenvalue weighted by atomic mass is 16.4. The summed E-state index contributed by atoms with van der Waals surface area (Å²) in [6.07, 6.45) is 2.64. The van der Waals surface area contributed by atoms with Gasteiger partial charge in [0.05, 0.1) is 6.61 Å². The van der Waals surface area contributed by atoms with E-state index in [1.807, 2.05) is 38.1 Å². The van der Waals surface area contributed by atoms with E-state index in [1.165, 1.54) is 0 Å². The van der Waals surface area contributed by atoms with E-state index in [1.54, 1.807) is 6.08 Å². The molecule has 0 radical (unpaired) electrons. The summed E-state index contributed by atoms with van der Waals surface area (Å²) in [7, 11) is 0. The lowest BCUT2D eigenvalue weighted by molar-refractivity contribution is -0.131. The fraction of sp³-hybridized carbons (Fsp3) is 0.308. The summed E-state index contributed by atoms with van der Waals surface area (Å²) >= 11 is 0. The molecule has 0 aliphatic heterocycles. The molecule has 0 unspecified atom stereocenters. The number of aliphatic carboxylic acids is 1. The maximum atomic E-state index is 10.4. The number of carboxylic acids is 1. The van der Waals surface area contributed by atoms with E-state index in [0.717, 1.165) is 17.2 Å². The highest BCUT2D eigenvalue weighted by molar-refractivity contribution is 5.85. The van der Waals surface area contributed by atoms with Gasteiger partial charge in [-0.1, -0.05) is 38.1 Å². The second-order valence-electron chi connectivity index (χ2n) is 4.34. The molecule has 0 atom stereocenters. The van der Waals surface area contributed by atoms with Crippen molar-refractivity contribution < 1.29 is 15.0 Å². The van der Waals surface area contributed by atoms with Crippen LogP contribution in [0.1, 0.15) is 25.0 Å². The quantitative estimate of drug-likeness (QED) is 0.763. The molecule has 2 N–H and O–H groups in total. The standard InChI is InChI=1S/C13H16O3/c1-13(2,9-14)11-5-3-4-10(8-11)6-7-12(15)16/h3-8,14H,9H2,1-2H3,(H,15,16)/b7-6+. The third-order valence-electron chi connectivity index (χ3n) is 2.48. The molecular weight excluding hydrogens is 204 g/mol. The molecule has 1 rings (SSSR count). The van der Waals surface area contributed by atoms with Crippen LogP contribution in [-0.4, -0.2) is 22.8 Å². The number of carbonyl (C=O) groups is 1. The van der Waals surface area contributed by atoms with Crippen molar-refractivity contribution >= 4 is 12.0 Å². The minimum absolute atomic E-state index is 0.0547. The molecule has 1 aromatic carbocycles. The van der Waals surface area contributed by atoms with Crippen molar-refractivity contribution in [3.05, 3.63) is 41.5 Å². The minimum Gasteiger partial charge on any atom is -0.478 e. The van der Waals surface area contributed by atoms with E-state index >= 15 is 0 Å². The monoisotopic (exact) mass is 220 g/mol. The molecule has 0 amide bonds. The summed E-state index contributed by atoms with van der Waals surface area (Å²) in [5, 5.41) is 17.8. The van der Waals surface area contributed by atoms with Gasteiger partial charge in [0.2, 0.25) is 0 Å². The van der Waals surface area contributed by atoms with Gasteiger partial charge < -0.3 is 10.2 Å². The summed E-state index contributed by atoms with van der Waals surface area (Å²) in [4.78, 5) is 10.4. The average molecular weight is 220 g/mol. The fourth-order valence-corrected chi connectivity index (χ4v) is 1.32. The number of benzene rings is 1. The molecule has 3 nitrogen and oxygen atoms in total. The number of hydrogen-bond donors (Lipinski definition) is 2. The Balaban J connectivity index is 3.00. The predicted molar refractivity (Wildman–Crippen MR) is 63.2 cm³/mol. The van der Waals surface area contributed by atoms with Crippen molar-refractivity contribution in [3.8, 4) is 0 Å². The van der Waals surface area contributed by atoms with Crippen molar-refractivity contribution in [3.63, 3.8) is 0 Å². The molecule has 0 saturated heterocycles. The molecule has 1 aromatic rings. The van der Waals surface area contributed by atoms with Crippen LogP contribution in [0.15, 0.2) is 30.3 Å². The normalized spacial score (nSPS) is 11.9. The molecular formula is C13H16O3. The summed E-state index contributed by atoms with van der Waals surface area (Å²) in [6.45, 7) is 3.93. The first-order valence-electron chi connectivity index (χ1n) is 5.08. The van der Waals surface area contributed by atoms with E-state index in [9.17, 15) is 9.90 Å². The molecule has 16 heavy (non-hydrogen) atoms. The predicted octanol–water partition coefficient (Wildman–Crippen LogP) is 2.05. The van der Waals surface area contributed by atoms with Crippen LogP contribution < -0.4 is 0 Å². The van der Waals surface area contributed by atoms with Gasteiger partial charge in [-0.15, -0.1) is 0 Å². The molecule has 3 heteroatoms. The Morgan fingerprint density at radius 3 is 2.69 bits per heavy atom. The van der Waals surface area contributed by atoms with Crippen molar-refractivity contribution in [2.45, 2.75) is 19.3 Å². The Kier molecular flexibility index (Phi) is 3.85.